The first-order chi connectivity index (χ1) is 11.2. The summed E-state index contributed by atoms with van der Waals surface area (Å²) in [5.74, 6) is -2.14. The summed E-state index contributed by atoms with van der Waals surface area (Å²) in [4.78, 5) is 13.1. The smallest absolute Gasteiger partial charge is 0.355 e. The second-order valence-electron chi connectivity index (χ2n) is 6.03. The second kappa shape index (κ2) is 12.0. The molecule has 1 heterocycles. The van der Waals surface area contributed by atoms with Crippen molar-refractivity contribution in [2.24, 2.45) is 0 Å². The number of aromatic carboxylic acids is 1. The van der Waals surface area contributed by atoms with Gasteiger partial charge in [-0.25, -0.2) is 9.18 Å². The van der Waals surface area contributed by atoms with Crippen molar-refractivity contribution < 1.29 is 19.0 Å². The molecule has 23 heavy (non-hydrogen) atoms. The van der Waals surface area contributed by atoms with Gasteiger partial charge in [-0.15, -0.1) is 0 Å². The third-order valence-electron chi connectivity index (χ3n) is 4.00. The first-order valence-electron chi connectivity index (χ1n) is 8.89. The Bertz CT molecular complexity index is 445. The predicted molar refractivity (Wildman–Crippen MR) is 89.7 cm³/mol. The number of carboxylic acids is 1. The Morgan fingerprint density at radius 2 is 1.57 bits per heavy atom. The van der Waals surface area contributed by atoms with Crippen LogP contribution in [0.5, 0.6) is 5.75 Å². The molecule has 0 aliphatic carbocycles. The minimum Gasteiger partial charge on any atom is -0.489 e. The van der Waals surface area contributed by atoms with Gasteiger partial charge in [-0.1, -0.05) is 71.1 Å². The quantitative estimate of drug-likeness (QED) is 0.441. The zero-order chi connectivity index (χ0) is 16.9. The minimum atomic E-state index is -1.31. The summed E-state index contributed by atoms with van der Waals surface area (Å²) in [6.45, 7) is 2.66. The predicted octanol–water partition coefficient (Wildman–Crippen LogP) is 5.54. The molecule has 1 aromatic rings. The summed E-state index contributed by atoms with van der Waals surface area (Å²) in [7, 11) is 0. The largest absolute Gasteiger partial charge is 0.489 e. The lowest BCUT2D eigenvalue weighted by atomic mass is 10.1. The maximum Gasteiger partial charge on any atom is 0.355 e. The summed E-state index contributed by atoms with van der Waals surface area (Å²) in [6, 6.07) is 0. The van der Waals surface area contributed by atoms with Crippen LogP contribution in [0.1, 0.15) is 88.0 Å². The van der Waals surface area contributed by atoms with E-state index in [2.05, 4.69) is 11.9 Å². The highest BCUT2D eigenvalue weighted by atomic mass is 19.1. The molecule has 132 valence electrons. The van der Waals surface area contributed by atoms with E-state index in [0.717, 1.165) is 12.8 Å². The maximum absolute atomic E-state index is 13.6. The third kappa shape index (κ3) is 8.05. The van der Waals surface area contributed by atoms with Crippen LogP contribution in [0, 0.1) is 5.82 Å². The van der Waals surface area contributed by atoms with Crippen LogP contribution in [0.15, 0.2) is 6.20 Å². The number of nitrogens with one attached hydrogen (secondary N) is 1. The number of aromatic amines is 1. The van der Waals surface area contributed by atoms with Crippen molar-refractivity contribution >= 4 is 5.97 Å². The van der Waals surface area contributed by atoms with Crippen LogP contribution in [0.4, 0.5) is 4.39 Å². The average molecular weight is 327 g/mol. The Morgan fingerprint density at radius 1 is 1.04 bits per heavy atom. The highest BCUT2D eigenvalue weighted by molar-refractivity contribution is 5.86. The molecule has 0 saturated heterocycles. The molecule has 5 heteroatoms. The third-order valence-corrected chi connectivity index (χ3v) is 4.00. The van der Waals surface area contributed by atoms with E-state index in [-0.39, 0.29) is 5.75 Å². The number of unbranched alkanes of at least 4 members (excludes halogenated alkanes) is 10. The Kier molecular flexibility index (Phi) is 10.2. The molecule has 1 rings (SSSR count). The average Bonchev–Trinajstić information content (AvgIpc) is 2.89. The van der Waals surface area contributed by atoms with Gasteiger partial charge in [0.15, 0.2) is 17.3 Å². The molecule has 0 bridgehead atoms. The summed E-state index contributed by atoms with van der Waals surface area (Å²) in [6.07, 6.45) is 15.0. The van der Waals surface area contributed by atoms with Crippen molar-refractivity contribution in [3.05, 3.63) is 17.7 Å². The lowest BCUT2D eigenvalue weighted by Gasteiger charge is -2.04. The van der Waals surface area contributed by atoms with Gasteiger partial charge >= 0.3 is 5.97 Å². The zero-order valence-corrected chi connectivity index (χ0v) is 14.2. The van der Waals surface area contributed by atoms with E-state index in [9.17, 15) is 9.18 Å². The van der Waals surface area contributed by atoms with E-state index in [0.29, 0.717) is 6.61 Å². The zero-order valence-electron chi connectivity index (χ0n) is 14.2. The summed E-state index contributed by atoms with van der Waals surface area (Å²) in [5, 5.41) is 8.72. The van der Waals surface area contributed by atoms with E-state index < -0.39 is 17.5 Å². The van der Waals surface area contributed by atoms with E-state index in [4.69, 9.17) is 9.84 Å². The molecule has 0 aromatic carbocycles. The monoisotopic (exact) mass is 327 g/mol. The molecule has 0 aliphatic heterocycles. The summed E-state index contributed by atoms with van der Waals surface area (Å²) >= 11 is 0. The number of hydrogen-bond acceptors (Lipinski definition) is 2. The lowest BCUT2D eigenvalue weighted by Crippen LogP contribution is -2.01. The van der Waals surface area contributed by atoms with Crippen molar-refractivity contribution in [1.29, 1.82) is 0 Å². The first-order valence-corrected chi connectivity index (χ1v) is 8.89. The highest BCUT2D eigenvalue weighted by Gasteiger charge is 2.17. The van der Waals surface area contributed by atoms with E-state index >= 15 is 0 Å². The lowest BCUT2D eigenvalue weighted by molar-refractivity contribution is 0.0685. The molecule has 0 atom stereocenters. The number of H-pyrrole nitrogens is 1. The molecule has 1 aromatic heterocycles. The highest BCUT2D eigenvalue weighted by Crippen LogP contribution is 2.20. The second-order valence-corrected chi connectivity index (χ2v) is 6.03. The normalized spacial score (nSPS) is 10.9. The van der Waals surface area contributed by atoms with Crippen LogP contribution in [-0.4, -0.2) is 22.7 Å². The molecule has 0 fully saturated rings. The summed E-state index contributed by atoms with van der Waals surface area (Å²) in [5.41, 5.74) is -0.445. The first kappa shape index (κ1) is 19.5. The molecular formula is C18H30FNO3. The van der Waals surface area contributed by atoms with Gasteiger partial charge in [0.25, 0.3) is 0 Å². The topological polar surface area (TPSA) is 62.3 Å². The van der Waals surface area contributed by atoms with Crippen LogP contribution in [0.2, 0.25) is 0 Å². The van der Waals surface area contributed by atoms with Gasteiger partial charge < -0.3 is 14.8 Å². The number of hydrogen-bond donors (Lipinski definition) is 2. The van der Waals surface area contributed by atoms with Crippen molar-refractivity contribution in [2.75, 3.05) is 6.61 Å². The summed E-state index contributed by atoms with van der Waals surface area (Å²) < 4.78 is 18.9. The van der Waals surface area contributed by atoms with Crippen molar-refractivity contribution in [3.63, 3.8) is 0 Å². The van der Waals surface area contributed by atoms with Crippen LogP contribution in [0.25, 0.3) is 0 Å². The Hall–Kier alpha value is -1.52. The Labute approximate surface area is 138 Å². The fourth-order valence-corrected chi connectivity index (χ4v) is 2.60. The molecular weight excluding hydrogens is 297 g/mol. The fraction of sp³-hybridized carbons (Fsp3) is 0.722. The number of aromatic nitrogens is 1. The Balaban J connectivity index is 1.95. The van der Waals surface area contributed by atoms with Crippen LogP contribution < -0.4 is 4.74 Å². The maximum atomic E-state index is 13.6. The molecule has 0 unspecified atom stereocenters. The van der Waals surface area contributed by atoms with Gasteiger partial charge in [0.2, 0.25) is 0 Å². The molecule has 0 amide bonds. The van der Waals surface area contributed by atoms with Gasteiger partial charge in [-0.3, -0.25) is 0 Å². The molecule has 4 nitrogen and oxygen atoms in total. The molecule has 0 saturated carbocycles. The number of halogens is 1. The van der Waals surface area contributed by atoms with Crippen LogP contribution >= 0.6 is 0 Å². The standard InChI is InChI=1S/C18H30FNO3/c1-2-3-4-5-6-7-8-9-10-11-12-13-23-15-14-20-17(16(15)19)18(21)22/h14,20H,2-13H2,1H3,(H,21,22). The van der Waals surface area contributed by atoms with Gasteiger partial charge in [0.05, 0.1) is 6.61 Å². The van der Waals surface area contributed by atoms with Crippen LogP contribution in [0.3, 0.4) is 0 Å². The fourth-order valence-electron chi connectivity index (χ4n) is 2.60. The Morgan fingerprint density at radius 3 is 2.04 bits per heavy atom. The SMILES string of the molecule is CCCCCCCCCCCCCOc1c[nH]c(C(=O)O)c1F. The van der Waals surface area contributed by atoms with E-state index in [1.165, 1.54) is 64.0 Å². The molecule has 2 N–H and O–H groups in total. The van der Waals surface area contributed by atoms with Crippen LogP contribution in [-0.2, 0) is 0 Å². The van der Waals surface area contributed by atoms with E-state index in [1.54, 1.807) is 0 Å². The van der Waals surface area contributed by atoms with Gasteiger partial charge in [-0.05, 0) is 6.42 Å². The number of rotatable bonds is 14. The van der Waals surface area contributed by atoms with Crippen molar-refractivity contribution in [3.8, 4) is 5.75 Å². The minimum absolute atomic E-state index is 0.00511. The molecule has 0 aliphatic rings. The van der Waals surface area contributed by atoms with Crippen molar-refractivity contribution in [1.82, 2.24) is 4.98 Å². The van der Waals surface area contributed by atoms with Crippen molar-refractivity contribution in [2.45, 2.75) is 77.6 Å². The van der Waals surface area contributed by atoms with Gasteiger partial charge in [0.1, 0.15) is 0 Å². The van der Waals surface area contributed by atoms with Gasteiger partial charge in [-0.2, -0.15) is 0 Å². The number of carboxylic acid groups (broad SMARTS) is 1. The molecule has 0 radical (unpaired) electrons. The molecule has 0 spiro atoms. The number of ether oxygens (including phenoxy) is 1. The van der Waals surface area contributed by atoms with Gasteiger partial charge in [0, 0.05) is 6.20 Å². The van der Waals surface area contributed by atoms with E-state index in [1.807, 2.05) is 0 Å². The number of carbonyl (C=O) groups is 1.